The first-order chi connectivity index (χ1) is 6.74. The minimum Gasteiger partial charge on any atom is -0.380 e. The third kappa shape index (κ3) is 3.86. The summed E-state index contributed by atoms with van der Waals surface area (Å²) in [6, 6.07) is -0.0298. The Balaban J connectivity index is 2.19. The molecule has 14 heavy (non-hydrogen) atoms. The van der Waals surface area contributed by atoms with Gasteiger partial charge in [0.05, 0.1) is 12.1 Å². The second-order valence-corrected chi connectivity index (χ2v) is 4.52. The van der Waals surface area contributed by atoms with Crippen molar-refractivity contribution in [1.82, 2.24) is 10.6 Å². The van der Waals surface area contributed by atoms with Crippen molar-refractivity contribution in [1.29, 1.82) is 0 Å². The molecule has 1 aliphatic heterocycles. The predicted molar refractivity (Wildman–Crippen MR) is 58.6 cm³/mol. The minimum absolute atomic E-state index is 0.0298. The Morgan fingerprint density at radius 2 is 2.57 bits per heavy atom. The maximum Gasteiger partial charge on any atom is 0.238 e. The van der Waals surface area contributed by atoms with Gasteiger partial charge >= 0.3 is 0 Å². The van der Waals surface area contributed by atoms with Crippen LogP contribution in [0.15, 0.2) is 0 Å². The van der Waals surface area contributed by atoms with Crippen molar-refractivity contribution >= 4 is 17.7 Å². The van der Waals surface area contributed by atoms with E-state index in [1.165, 1.54) is 0 Å². The summed E-state index contributed by atoms with van der Waals surface area (Å²) in [5, 5.41) is 6.05. The fraction of sp³-hybridized carbons (Fsp3) is 0.889. The molecule has 1 aliphatic rings. The predicted octanol–water partition coefficient (Wildman–Crippen LogP) is -0.157. The Kier molecular flexibility index (Phi) is 5.29. The Morgan fingerprint density at radius 1 is 1.79 bits per heavy atom. The molecule has 1 saturated heterocycles. The molecule has 2 unspecified atom stereocenters. The lowest BCUT2D eigenvalue weighted by molar-refractivity contribution is -0.123. The van der Waals surface area contributed by atoms with Crippen LogP contribution in [-0.2, 0) is 9.53 Å². The van der Waals surface area contributed by atoms with E-state index in [1.54, 1.807) is 7.11 Å². The molecule has 2 atom stereocenters. The van der Waals surface area contributed by atoms with Gasteiger partial charge in [-0.3, -0.25) is 4.79 Å². The summed E-state index contributed by atoms with van der Waals surface area (Å²) in [5.74, 6) is 2.05. The van der Waals surface area contributed by atoms with E-state index < -0.39 is 0 Å². The molecular formula is C9H18N2O2S. The van der Waals surface area contributed by atoms with Crippen LogP contribution < -0.4 is 10.6 Å². The second-order valence-electron chi connectivity index (χ2n) is 3.37. The lowest BCUT2D eigenvalue weighted by atomic mass is 10.3. The van der Waals surface area contributed by atoms with E-state index in [0.29, 0.717) is 6.54 Å². The molecule has 0 spiro atoms. The molecule has 0 aliphatic carbocycles. The van der Waals surface area contributed by atoms with Crippen molar-refractivity contribution in [2.75, 3.05) is 31.7 Å². The zero-order valence-corrected chi connectivity index (χ0v) is 9.52. The molecule has 0 aromatic heterocycles. The van der Waals surface area contributed by atoms with Crippen molar-refractivity contribution in [3.05, 3.63) is 0 Å². The molecule has 0 bridgehead atoms. The second kappa shape index (κ2) is 6.27. The molecule has 1 amide bonds. The highest BCUT2D eigenvalue weighted by atomic mass is 32.2. The number of ether oxygens (including phenoxy) is 1. The van der Waals surface area contributed by atoms with Gasteiger partial charge in [0.2, 0.25) is 5.91 Å². The van der Waals surface area contributed by atoms with Gasteiger partial charge in [-0.25, -0.2) is 0 Å². The number of hydrogen-bond acceptors (Lipinski definition) is 4. The van der Waals surface area contributed by atoms with Gasteiger partial charge in [-0.2, -0.15) is 11.8 Å². The quantitative estimate of drug-likeness (QED) is 0.688. The lowest BCUT2D eigenvalue weighted by Crippen LogP contribution is -2.50. The highest BCUT2D eigenvalue weighted by molar-refractivity contribution is 7.99. The Bertz CT molecular complexity index is 184. The number of nitrogens with one attached hydrogen (secondary N) is 2. The molecule has 1 rings (SSSR count). The fourth-order valence-corrected chi connectivity index (χ4v) is 2.12. The third-order valence-electron chi connectivity index (χ3n) is 2.20. The van der Waals surface area contributed by atoms with Gasteiger partial charge in [0.15, 0.2) is 0 Å². The maximum absolute atomic E-state index is 11.6. The number of rotatable bonds is 4. The molecule has 1 fully saturated rings. The zero-order chi connectivity index (χ0) is 10.4. The molecule has 0 radical (unpaired) electrons. The fourth-order valence-electron chi connectivity index (χ4n) is 1.18. The SMILES string of the molecule is COC(C)CNC(=O)C1CSCCN1. The summed E-state index contributed by atoms with van der Waals surface area (Å²) in [6.07, 6.45) is 0.0789. The van der Waals surface area contributed by atoms with Crippen molar-refractivity contribution in [2.45, 2.75) is 19.1 Å². The van der Waals surface area contributed by atoms with Gasteiger partial charge < -0.3 is 15.4 Å². The number of thioether (sulfide) groups is 1. The van der Waals surface area contributed by atoms with Crippen molar-refractivity contribution in [3.63, 3.8) is 0 Å². The molecule has 0 aromatic rings. The standard InChI is InChI=1S/C9H18N2O2S/c1-7(13-2)5-11-9(12)8-6-14-4-3-10-8/h7-8,10H,3-6H2,1-2H3,(H,11,12). The molecule has 4 nitrogen and oxygen atoms in total. The van der Waals surface area contributed by atoms with Crippen LogP contribution in [0.4, 0.5) is 0 Å². The summed E-state index contributed by atoms with van der Waals surface area (Å²) >= 11 is 1.82. The maximum atomic E-state index is 11.6. The number of carbonyl (C=O) groups excluding carboxylic acids is 1. The summed E-state index contributed by atoms with van der Waals surface area (Å²) < 4.78 is 5.05. The van der Waals surface area contributed by atoms with E-state index in [9.17, 15) is 4.79 Å². The normalized spacial score (nSPS) is 24.3. The molecule has 2 N–H and O–H groups in total. The Labute approximate surface area is 89.2 Å². The van der Waals surface area contributed by atoms with E-state index in [-0.39, 0.29) is 18.1 Å². The van der Waals surface area contributed by atoms with Gasteiger partial charge in [0, 0.05) is 31.7 Å². The smallest absolute Gasteiger partial charge is 0.238 e. The summed E-state index contributed by atoms with van der Waals surface area (Å²) in [7, 11) is 1.64. The minimum atomic E-state index is -0.0298. The van der Waals surface area contributed by atoms with Crippen LogP contribution in [0.2, 0.25) is 0 Å². The van der Waals surface area contributed by atoms with Crippen LogP contribution in [0.5, 0.6) is 0 Å². The molecule has 82 valence electrons. The molecule has 0 saturated carbocycles. The van der Waals surface area contributed by atoms with Crippen molar-refractivity contribution < 1.29 is 9.53 Å². The van der Waals surface area contributed by atoms with Crippen LogP contribution in [0.25, 0.3) is 0 Å². The van der Waals surface area contributed by atoms with Gasteiger partial charge in [0.1, 0.15) is 0 Å². The van der Waals surface area contributed by atoms with E-state index >= 15 is 0 Å². The van der Waals surface area contributed by atoms with E-state index in [0.717, 1.165) is 18.1 Å². The summed E-state index contributed by atoms with van der Waals surface area (Å²) in [6.45, 7) is 3.43. The van der Waals surface area contributed by atoms with Crippen LogP contribution in [-0.4, -0.2) is 49.8 Å². The number of carbonyl (C=O) groups is 1. The van der Waals surface area contributed by atoms with Gasteiger partial charge in [-0.05, 0) is 6.92 Å². The van der Waals surface area contributed by atoms with Crippen LogP contribution in [0.3, 0.4) is 0 Å². The highest BCUT2D eigenvalue weighted by Gasteiger charge is 2.20. The largest absolute Gasteiger partial charge is 0.380 e. The first-order valence-electron chi connectivity index (χ1n) is 4.85. The van der Waals surface area contributed by atoms with Crippen LogP contribution >= 0.6 is 11.8 Å². The summed E-state index contributed by atoms with van der Waals surface area (Å²) in [4.78, 5) is 11.6. The monoisotopic (exact) mass is 218 g/mol. The first-order valence-corrected chi connectivity index (χ1v) is 6.01. The van der Waals surface area contributed by atoms with E-state index in [4.69, 9.17) is 4.74 Å². The topological polar surface area (TPSA) is 50.4 Å². The number of hydrogen-bond donors (Lipinski definition) is 2. The molecular weight excluding hydrogens is 200 g/mol. The van der Waals surface area contributed by atoms with Crippen LogP contribution in [0.1, 0.15) is 6.92 Å². The lowest BCUT2D eigenvalue weighted by Gasteiger charge is -2.22. The van der Waals surface area contributed by atoms with Gasteiger partial charge in [0.25, 0.3) is 0 Å². The number of methoxy groups -OCH3 is 1. The van der Waals surface area contributed by atoms with E-state index in [1.807, 2.05) is 18.7 Å². The first kappa shape index (κ1) is 11.8. The Morgan fingerprint density at radius 3 is 3.14 bits per heavy atom. The number of amides is 1. The van der Waals surface area contributed by atoms with Gasteiger partial charge in [-0.15, -0.1) is 0 Å². The highest BCUT2D eigenvalue weighted by Crippen LogP contribution is 2.07. The van der Waals surface area contributed by atoms with Crippen LogP contribution in [0, 0.1) is 0 Å². The van der Waals surface area contributed by atoms with Crippen molar-refractivity contribution in [3.8, 4) is 0 Å². The summed E-state index contributed by atoms with van der Waals surface area (Å²) in [5.41, 5.74) is 0. The average Bonchev–Trinajstić information content (AvgIpc) is 2.26. The van der Waals surface area contributed by atoms with E-state index in [2.05, 4.69) is 10.6 Å². The third-order valence-corrected chi connectivity index (χ3v) is 3.27. The molecule has 1 heterocycles. The Hall–Kier alpha value is -0.260. The van der Waals surface area contributed by atoms with Gasteiger partial charge in [-0.1, -0.05) is 0 Å². The van der Waals surface area contributed by atoms with Crippen molar-refractivity contribution in [2.24, 2.45) is 0 Å². The molecule has 0 aromatic carbocycles. The zero-order valence-electron chi connectivity index (χ0n) is 8.71. The average molecular weight is 218 g/mol. The molecule has 5 heteroatoms.